The minimum Gasteiger partial charge on any atom is -0.508 e. The van der Waals surface area contributed by atoms with Crippen LogP contribution in [-0.2, 0) is 11.3 Å². The SMILES string of the molecule is CN1C(=O)C2C(=NC(N/N=C/c3cccc(O)c3)=[N+]2Cc2ccc(F)cc2)N(C)C1=O. The zero-order valence-electron chi connectivity index (χ0n) is 16.9. The van der Waals surface area contributed by atoms with Crippen molar-refractivity contribution in [2.75, 3.05) is 14.1 Å². The van der Waals surface area contributed by atoms with Crippen LogP contribution in [0.2, 0.25) is 0 Å². The van der Waals surface area contributed by atoms with Gasteiger partial charge in [-0.3, -0.25) is 14.6 Å². The number of carbonyl (C=O) groups excluding carboxylic acids is 2. The quantitative estimate of drug-likeness (QED) is 0.440. The number of benzene rings is 2. The summed E-state index contributed by atoms with van der Waals surface area (Å²) < 4.78 is 15.0. The molecule has 158 valence electrons. The number of imide groups is 1. The number of urea groups is 1. The Labute approximate surface area is 177 Å². The smallest absolute Gasteiger partial charge is 0.414 e. The Hall–Kier alpha value is -4.08. The molecule has 2 aliphatic heterocycles. The summed E-state index contributed by atoms with van der Waals surface area (Å²) in [5, 5.41) is 13.7. The molecule has 2 aromatic rings. The van der Waals surface area contributed by atoms with Gasteiger partial charge in [-0.15, -0.1) is 5.10 Å². The zero-order valence-corrected chi connectivity index (χ0v) is 16.9. The van der Waals surface area contributed by atoms with Gasteiger partial charge in [0, 0.05) is 14.1 Å². The molecule has 31 heavy (non-hydrogen) atoms. The lowest BCUT2D eigenvalue weighted by Gasteiger charge is -2.31. The second-order valence-corrected chi connectivity index (χ2v) is 7.15. The molecule has 0 bridgehead atoms. The standard InChI is InChI=1S/C21H19FN6O3/c1-26-18-17(19(30)27(2)21(26)31)28(12-13-6-8-15(22)9-7-13)20(24-18)25-23-11-14-4-3-5-16(29)10-14/h3-11,17,29H,12H2,1-2H3/p+1/b23-11+. The maximum atomic E-state index is 13.3. The van der Waals surface area contributed by atoms with Crippen LogP contribution in [0.25, 0.3) is 0 Å². The number of carbonyl (C=O) groups is 2. The summed E-state index contributed by atoms with van der Waals surface area (Å²) in [5.41, 5.74) is 4.23. The Morgan fingerprint density at radius 1 is 1.19 bits per heavy atom. The number of fused-ring (bicyclic) bond motifs is 1. The number of amidine groups is 1. The van der Waals surface area contributed by atoms with E-state index in [0.29, 0.717) is 5.56 Å². The van der Waals surface area contributed by atoms with E-state index in [1.807, 2.05) is 0 Å². The molecule has 10 heteroatoms. The average molecular weight is 423 g/mol. The van der Waals surface area contributed by atoms with Gasteiger partial charge in [0.2, 0.25) is 11.9 Å². The number of hydrazone groups is 1. The van der Waals surface area contributed by atoms with E-state index in [1.165, 1.54) is 36.4 Å². The highest BCUT2D eigenvalue weighted by Gasteiger charge is 2.51. The normalized spacial score (nSPS) is 18.7. The predicted octanol–water partition coefficient (Wildman–Crippen LogP) is 1.33. The van der Waals surface area contributed by atoms with E-state index >= 15 is 0 Å². The minimum absolute atomic E-state index is 0.107. The molecule has 2 heterocycles. The fourth-order valence-electron chi connectivity index (χ4n) is 3.41. The fourth-order valence-corrected chi connectivity index (χ4v) is 3.41. The van der Waals surface area contributed by atoms with Crippen LogP contribution in [0.15, 0.2) is 58.6 Å². The zero-order chi connectivity index (χ0) is 22.1. The average Bonchev–Trinajstić information content (AvgIpc) is 3.11. The molecule has 0 saturated carbocycles. The number of phenolic OH excluding ortho intramolecular Hbond substituents is 1. The molecule has 0 aliphatic carbocycles. The molecular formula is C21H20FN6O3+. The number of nitrogens with one attached hydrogen (secondary N) is 1. The summed E-state index contributed by atoms with van der Waals surface area (Å²) in [7, 11) is 2.96. The number of halogens is 1. The molecule has 0 radical (unpaired) electrons. The highest BCUT2D eigenvalue weighted by Crippen LogP contribution is 2.20. The van der Waals surface area contributed by atoms with Crippen molar-refractivity contribution in [3.05, 3.63) is 65.5 Å². The Morgan fingerprint density at radius 2 is 1.94 bits per heavy atom. The Balaban J connectivity index is 1.68. The van der Waals surface area contributed by atoms with Gasteiger partial charge in [-0.05, 0) is 35.4 Å². The molecule has 4 rings (SSSR count). The van der Waals surface area contributed by atoms with E-state index in [0.717, 1.165) is 10.5 Å². The van der Waals surface area contributed by atoms with Gasteiger partial charge in [-0.25, -0.2) is 13.8 Å². The third-order valence-corrected chi connectivity index (χ3v) is 5.05. The van der Waals surface area contributed by atoms with Crippen molar-refractivity contribution in [3.8, 4) is 5.75 Å². The number of aliphatic imine (C=N–C) groups is 1. The van der Waals surface area contributed by atoms with Crippen molar-refractivity contribution >= 4 is 29.9 Å². The third-order valence-electron chi connectivity index (χ3n) is 5.05. The molecule has 0 spiro atoms. The first-order valence-corrected chi connectivity index (χ1v) is 9.45. The van der Waals surface area contributed by atoms with E-state index in [4.69, 9.17) is 0 Å². The van der Waals surface area contributed by atoms with Gasteiger partial charge in [-0.1, -0.05) is 29.3 Å². The number of amides is 3. The molecule has 9 nitrogen and oxygen atoms in total. The number of aromatic hydroxyl groups is 1. The fraction of sp³-hybridized carbons (Fsp3) is 0.190. The van der Waals surface area contributed by atoms with Crippen LogP contribution in [0.3, 0.4) is 0 Å². The van der Waals surface area contributed by atoms with E-state index in [2.05, 4.69) is 15.5 Å². The first kappa shape index (κ1) is 20.2. The van der Waals surface area contributed by atoms with Crippen molar-refractivity contribution in [3.63, 3.8) is 0 Å². The second kappa shape index (κ2) is 7.98. The summed E-state index contributed by atoms with van der Waals surface area (Å²) in [4.78, 5) is 32.0. The maximum Gasteiger partial charge on any atom is 0.414 e. The third kappa shape index (κ3) is 3.87. The van der Waals surface area contributed by atoms with Crippen molar-refractivity contribution in [2.24, 2.45) is 10.1 Å². The van der Waals surface area contributed by atoms with Crippen LogP contribution in [0.1, 0.15) is 11.1 Å². The Morgan fingerprint density at radius 3 is 2.65 bits per heavy atom. The Kier molecular flexibility index (Phi) is 5.20. The number of hydrogen-bond acceptors (Lipinski definition) is 6. The van der Waals surface area contributed by atoms with E-state index in [-0.39, 0.29) is 29.9 Å². The van der Waals surface area contributed by atoms with Crippen LogP contribution in [0.5, 0.6) is 5.75 Å². The summed E-state index contributed by atoms with van der Waals surface area (Å²) in [6.07, 6.45) is 1.49. The topological polar surface area (TPSA) is 101 Å². The van der Waals surface area contributed by atoms with Crippen LogP contribution in [-0.4, -0.2) is 69.6 Å². The number of rotatable bonds is 4. The van der Waals surface area contributed by atoms with Gasteiger partial charge < -0.3 is 5.11 Å². The molecule has 1 unspecified atom stereocenters. The molecule has 1 fully saturated rings. The van der Waals surface area contributed by atoms with Crippen molar-refractivity contribution < 1.29 is 23.7 Å². The number of guanidine groups is 1. The molecule has 3 amide bonds. The van der Waals surface area contributed by atoms with Crippen LogP contribution >= 0.6 is 0 Å². The van der Waals surface area contributed by atoms with Gasteiger partial charge in [0.25, 0.3) is 5.91 Å². The molecular weight excluding hydrogens is 403 g/mol. The molecule has 1 saturated heterocycles. The van der Waals surface area contributed by atoms with E-state index in [1.54, 1.807) is 42.0 Å². The largest absolute Gasteiger partial charge is 0.508 e. The summed E-state index contributed by atoms with van der Waals surface area (Å²) in [6, 6.07) is 11.1. The first-order chi connectivity index (χ1) is 14.8. The predicted molar refractivity (Wildman–Crippen MR) is 111 cm³/mol. The number of nitrogens with zero attached hydrogens (tertiary/aromatic N) is 5. The van der Waals surface area contributed by atoms with Gasteiger partial charge in [0.15, 0.2) is 0 Å². The molecule has 2 aliphatic rings. The molecule has 2 N–H and O–H groups in total. The minimum atomic E-state index is -0.823. The van der Waals surface area contributed by atoms with Crippen LogP contribution in [0.4, 0.5) is 9.18 Å². The van der Waals surface area contributed by atoms with E-state index in [9.17, 15) is 19.1 Å². The number of phenols is 1. The van der Waals surface area contributed by atoms with Gasteiger partial charge in [0.05, 0.1) is 12.8 Å². The lowest BCUT2D eigenvalue weighted by molar-refractivity contribution is -0.553. The van der Waals surface area contributed by atoms with Crippen molar-refractivity contribution in [2.45, 2.75) is 12.6 Å². The summed E-state index contributed by atoms with van der Waals surface area (Å²) >= 11 is 0. The number of hydrogen-bond donors (Lipinski definition) is 2. The van der Waals surface area contributed by atoms with Crippen LogP contribution in [0, 0.1) is 5.82 Å². The molecule has 0 aromatic heterocycles. The lowest BCUT2D eigenvalue weighted by atomic mass is 10.1. The van der Waals surface area contributed by atoms with Crippen molar-refractivity contribution in [1.82, 2.24) is 15.2 Å². The van der Waals surface area contributed by atoms with Gasteiger partial charge >= 0.3 is 12.0 Å². The summed E-state index contributed by atoms with van der Waals surface area (Å²) in [6.45, 7) is 0.240. The Bertz CT molecular complexity index is 1140. The molecule has 2 aromatic carbocycles. The lowest BCUT2D eigenvalue weighted by Crippen LogP contribution is -2.61. The highest BCUT2D eigenvalue weighted by molar-refractivity contribution is 6.22. The molecule has 1 atom stereocenters. The first-order valence-electron chi connectivity index (χ1n) is 9.45. The summed E-state index contributed by atoms with van der Waals surface area (Å²) in [5.74, 6) is -0.124. The van der Waals surface area contributed by atoms with E-state index < -0.39 is 18.0 Å². The van der Waals surface area contributed by atoms with Gasteiger partial charge in [0.1, 0.15) is 11.6 Å². The maximum absolute atomic E-state index is 13.3. The van der Waals surface area contributed by atoms with Crippen molar-refractivity contribution in [1.29, 1.82) is 0 Å². The highest BCUT2D eigenvalue weighted by atomic mass is 19.1. The second-order valence-electron chi connectivity index (χ2n) is 7.15. The van der Waals surface area contributed by atoms with Crippen LogP contribution < -0.4 is 5.43 Å². The number of likely N-dealkylation sites (N-methyl/N-ethyl adjacent to an activating group) is 2. The monoisotopic (exact) mass is 423 g/mol. The van der Waals surface area contributed by atoms with Gasteiger partial charge in [-0.2, -0.15) is 5.43 Å².